The normalized spacial score (nSPS) is 26.1. The van der Waals surface area contributed by atoms with Crippen LogP contribution in [0, 0.1) is 17.8 Å². The third-order valence-corrected chi connectivity index (χ3v) is 6.65. The number of para-hydroxylation sites is 1. The number of hydrogen-bond donors (Lipinski definition) is 0. The first-order valence-corrected chi connectivity index (χ1v) is 10.8. The molecule has 0 aromatic heterocycles. The maximum Gasteiger partial charge on any atom is 0.253 e. The number of piperazine rings is 1. The molecule has 2 bridgehead atoms. The zero-order valence-electron chi connectivity index (χ0n) is 16.7. The van der Waals surface area contributed by atoms with Gasteiger partial charge in [-0.05, 0) is 67.0 Å². The maximum absolute atomic E-state index is 12.9. The Morgan fingerprint density at radius 1 is 0.862 bits per heavy atom. The third-order valence-electron chi connectivity index (χ3n) is 6.65. The summed E-state index contributed by atoms with van der Waals surface area (Å²) in [5.41, 5.74) is 0.733. The van der Waals surface area contributed by atoms with Crippen molar-refractivity contribution < 1.29 is 9.53 Å². The third kappa shape index (κ3) is 4.08. The van der Waals surface area contributed by atoms with Crippen molar-refractivity contribution in [2.24, 2.45) is 17.8 Å². The van der Waals surface area contributed by atoms with E-state index in [1.807, 2.05) is 59.5 Å². The first-order valence-electron chi connectivity index (χ1n) is 10.8. The highest BCUT2D eigenvalue weighted by Gasteiger charge is 2.36. The van der Waals surface area contributed by atoms with Crippen molar-refractivity contribution in [2.75, 3.05) is 32.7 Å². The van der Waals surface area contributed by atoms with Gasteiger partial charge in [0, 0.05) is 38.3 Å². The summed E-state index contributed by atoms with van der Waals surface area (Å²) < 4.78 is 5.82. The minimum absolute atomic E-state index is 0.124. The monoisotopic (exact) mass is 388 g/mol. The van der Waals surface area contributed by atoms with E-state index < -0.39 is 0 Å². The van der Waals surface area contributed by atoms with Crippen LogP contribution >= 0.6 is 0 Å². The van der Waals surface area contributed by atoms with E-state index in [9.17, 15) is 4.79 Å². The van der Waals surface area contributed by atoms with Gasteiger partial charge in [-0.25, -0.2) is 0 Å². The van der Waals surface area contributed by atoms with E-state index in [1.54, 1.807) is 0 Å². The Labute approximate surface area is 172 Å². The SMILES string of the molecule is O=C(c1ccc(Oc2ccccc2)cc1)N1CCN(CC2CC3C=CC2C3)CC1. The molecule has 3 aliphatic rings. The highest BCUT2D eigenvalue weighted by atomic mass is 16.5. The van der Waals surface area contributed by atoms with Crippen LogP contribution in [0.25, 0.3) is 0 Å². The van der Waals surface area contributed by atoms with Crippen LogP contribution in [0.4, 0.5) is 0 Å². The number of nitrogens with zero attached hydrogens (tertiary/aromatic N) is 2. The Hall–Kier alpha value is -2.59. The van der Waals surface area contributed by atoms with E-state index in [2.05, 4.69) is 17.1 Å². The summed E-state index contributed by atoms with van der Waals surface area (Å²) >= 11 is 0. The standard InChI is InChI=1S/C25H28N2O2/c28-25(20-8-10-24(11-9-20)29-23-4-2-1-3-5-23)27-14-12-26(13-15-27)18-22-17-19-6-7-21(22)16-19/h1-11,19,21-22H,12-18H2. The molecule has 3 unspecified atom stereocenters. The Kier molecular flexibility index (Phi) is 5.11. The van der Waals surface area contributed by atoms with Crippen LogP contribution in [0.5, 0.6) is 11.5 Å². The van der Waals surface area contributed by atoms with Crippen LogP contribution in [0.15, 0.2) is 66.7 Å². The minimum atomic E-state index is 0.124. The fourth-order valence-corrected chi connectivity index (χ4v) is 5.04. The first kappa shape index (κ1) is 18.4. The van der Waals surface area contributed by atoms with E-state index in [4.69, 9.17) is 4.74 Å². The summed E-state index contributed by atoms with van der Waals surface area (Å²) in [6.07, 6.45) is 7.57. The lowest BCUT2D eigenvalue weighted by molar-refractivity contribution is 0.0610. The van der Waals surface area contributed by atoms with E-state index in [0.29, 0.717) is 0 Å². The predicted octanol–water partition coefficient (Wildman–Crippen LogP) is 4.45. The molecule has 1 aliphatic heterocycles. The van der Waals surface area contributed by atoms with Gasteiger partial charge in [0.05, 0.1) is 0 Å². The van der Waals surface area contributed by atoms with Crippen molar-refractivity contribution in [3.05, 3.63) is 72.3 Å². The number of benzene rings is 2. The average Bonchev–Trinajstić information content (AvgIpc) is 3.38. The number of fused-ring (bicyclic) bond motifs is 2. The Morgan fingerprint density at radius 2 is 1.59 bits per heavy atom. The number of carbonyl (C=O) groups excluding carboxylic acids is 1. The van der Waals surface area contributed by atoms with Gasteiger partial charge in [0.2, 0.25) is 0 Å². The van der Waals surface area contributed by atoms with Crippen LogP contribution < -0.4 is 4.74 Å². The number of rotatable bonds is 5. The van der Waals surface area contributed by atoms with Gasteiger partial charge in [0.15, 0.2) is 0 Å². The topological polar surface area (TPSA) is 32.8 Å². The summed E-state index contributed by atoms with van der Waals surface area (Å²) in [7, 11) is 0. The number of amides is 1. The lowest BCUT2D eigenvalue weighted by Gasteiger charge is -2.37. The van der Waals surface area contributed by atoms with Gasteiger partial charge in [-0.2, -0.15) is 0 Å². The molecule has 1 saturated heterocycles. The van der Waals surface area contributed by atoms with Crippen LogP contribution in [0.1, 0.15) is 23.2 Å². The second kappa shape index (κ2) is 8.03. The summed E-state index contributed by atoms with van der Waals surface area (Å²) in [6, 6.07) is 17.2. The smallest absolute Gasteiger partial charge is 0.253 e. The van der Waals surface area contributed by atoms with Gasteiger partial charge >= 0.3 is 0 Å². The average molecular weight is 389 g/mol. The highest BCUT2D eigenvalue weighted by Crippen LogP contribution is 2.43. The molecule has 150 valence electrons. The molecule has 1 amide bonds. The second-order valence-electron chi connectivity index (χ2n) is 8.57. The Morgan fingerprint density at radius 3 is 2.24 bits per heavy atom. The fraction of sp³-hybridized carbons (Fsp3) is 0.400. The molecular weight excluding hydrogens is 360 g/mol. The lowest BCUT2D eigenvalue weighted by Crippen LogP contribution is -2.50. The van der Waals surface area contributed by atoms with Crippen LogP contribution in [0.2, 0.25) is 0 Å². The van der Waals surface area contributed by atoms with Gasteiger partial charge in [-0.3, -0.25) is 9.69 Å². The van der Waals surface area contributed by atoms with Gasteiger partial charge in [0.1, 0.15) is 11.5 Å². The van der Waals surface area contributed by atoms with Crippen molar-refractivity contribution in [2.45, 2.75) is 12.8 Å². The van der Waals surface area contributed by atoms with Crippen molar-refractivity contribution in [1.82, 2.24) is 9.80 Å². The van der Waals surface area contributed by atoms with Crippen molar-refractivity contribution in [3.8, 4) is 11.5 Å². The molecule has 0 radical (unpaired) electrons. The zero-order valence-corrected chi connectivity index (χ0v) is 16.7. The van der Waals surface area contributed by atoms with Gasteiger partial charge < -0.3 is 9.64 Å². The summed E-state index contributed by atoms with van der Waals surface area (Å²) in [5.74, 6) is 4.13. The van der Waals surface area contributed by atoms with E-state index in [0.717, 1.165) is 61.0 Å². The molecule has 1 heterocycles. The van der Waals surface area contributed by atoms with Gasteiger partial charge in [-0.1, -0.05) is 30.4 Å². The van der Waals surface area contributed by atoms with Crippen molar-refractivity contribution in [3.63, 3.8) is 0 Å². The molecule has 2 aromatic rings. The predicted molar refractivity (Wildman–Crippen MR) is 114 cm³/mol. The molecule has 2 aromatic carbocycles. The van der Waals surface area contributed by atoms with Gasteiger partial charge in [0.25, 0.3) is 5.91 Å². The molecule has 0 spiro atoms. The molecule has 29 heavy (non-hydrogen) atoms. The van der Waals surface area contributed by atoms with Crippen LogP contribution in [-0.4, -0.2) is 48.4 Å². The molecule has 0 N–H and O–H groups in total. The second-order valence-corrected chi connectivity index (χ2v) is 8.57. The molecular formula is C25H28N2O2. The van der Waals surface area contributed by atoms with Crippen LogP contribution in [-0.2, 0) is 0 Å². The fourth-order valence-electron chi connectivity index (χ4n) is 5.04. The van der Waals surface area contributed by atoms with E-state index >= 15 is 0 Å². The minimum Gasteiger partial charge on any atom is -0.457 e. The zero-order chi connectivity index (χ0) is 19.6. The number of hydrogen-bond acceptors (Lipinski definition) is 3. The Bertz CT molecular complexity index is 869. The number of ether oxygens (including phenoxy) is 1. The molecule has 1 saturated carbocycles. The molecule has 3 atom stereocenters. The quantitative estimate of drug-likeness (QED) is 0.710. The lowest BCUT2D eigenvalue weighted by atomic mass is 9.93. The van der Waals surface area contributed by atoms with Crippen molar-refractivity contribution in [1.29, 1.82) is 0 Å². The van der Waals surface area contributed by atoms with Crippen LogP contribution in [0.3, 0.4) is 0 Å². The molecule has 4 heteroatoms. The molecule has 5 rings (SSSR count). The number of carbonyl (C=O) groups is 1. The van der Waals surface area contributed by atoms with Gasteiger partial charge in [-0.15, -0.1) is 0 Å². The summed E-state index contributed by atoms with van der Waals surface area (Å²) in [6.45, 7) is 4.80. The number of allylic oxidation sites excluding steroid dienone is 2. The maximum atomic E-state index is 12.9. The van der Waals surface area contributed by atoms with E-state index in [-0.39, 0.29) is 5.91 Å². The molecule has 4 nitrogen and oxygen atoms in total. The van der Waals surface area contributed by atoms with Crippen molar-refractivity contribution >= 4 is 5.91 Å². The highest BCUT2D eigenvalue weighted by molar-refractivity contribution is 5.94. The first-order chi connectivity index (χ1) is 14.2. The summed E-state index contributed by atoms with van der Waals surface area (Å²) in [5, 5.41) is 0. The summed E-state index contributed by atoms with van der Waals surface area (Å²) in [4.78, 5) is 17.4. The molecule has 2 aliphatic carbocycles. The molecule has 2 fully saturated rings. The Balaban J connectivity index is 1.13. The van der Waals surface area contributed by atoms with E-state index in [1.165, 1.54) is 19.4 Å². The largest absolute Gasteiger partial charge is 0.457 e.